The van der Waals surface area contributed by atoms with Gasteiger partial charge in [0.15, 0.2) is 0 Å². The molecule has 2 rings (SSSR count). The van der Waals surface area contributed by atoms with Gasteiger partial charge in [0.2, 0.25) is 0 Å². The summed E-state index contributed by atoms with van der Waals surface area (Å²) in [4.78, 5) is 12.0. The van der Waals surface area contributed by atoms with E-state index in [9.17, 15) is 4.79 Å². The van der Waals surface area contributed by atoms with Crippen molar-refractivity contribution in [3.8, 4) is 0 Å². The monoisotopic (exact) mass is 282 g/mol. The van der Waals surface area contributed by atoms with E-state index in [1.807, 2.05) is 63.2 Å². The van der Waals surface area contributed by atoms with Crippen molar-refractivity contribution in [2.75, 3.05) is 0 Å². The van der Waals surface area contributed by atoms with E-state index in [4.69, 9.17) is 4.74 Å². The number of hydrogen-bond acceptors (Lipinski definition) is 2. The second-order valence-corrected chi connectivity index (χ2v) is 6.26. The molecule has 2 aromatic rings. The molecule has 0 fully saturated rings. The van der Waals surface area contributed by atoms with Gasteiger partial charge in [0, 0.05) is 5.92 Å². The zero-order chi connectivity index (χ0) is 15.5. The highest BCUT2D eigenvalue weighted by atomic mass is 16.6. The highest BCUT2D eigenvalue weighted by molar-refractivity contribution is 5.89. The van der Waals surface area contributed by atoms with Crippen molar-refractivity contribution in [2.45, 2.75) is 39.2 Å². The summed E-state index contributed by atoms with van der Waals surface area (Å²) in [6, 6.07) is 18.0. The van der Waals surface area contributed by atoms with E-state index < -0.39 is 5.60 Å². The predicted molar refractivity (Wildman–Crippen MR) is 85.6 cm³/mol. The van der Waals surface area contributed by atoms with Gasteiger partial charge < -0.3 is 4.74 Å². The van der Waals surface area contributed by atoms with E-state index in [1.165, 1.54) is 11.1 Å². The highest BCUT2D eigenvalue weighted by Gasteiger charge is 2.18. The molecule has 0 aliphatic carbocycles. The molecular formula is C19H22O2. The Labute approximate surface area is 126 Å². The first-order chi connectivity index (χ1) is 9.87. The maximum Gasteiger partial charge on any atom is 0.338 e. The second-order valence-electron chi connectivity index (χ2n) is 6.26. The van der Waals surface area contributed by atoms with Crippen molar-refractivity contribution in [2.24, 2.45) is 0 Å². The van der Waals surface area contributed by atoms with Crippen LogP contribution in [0.4, 0.5) is 0 Å². The van der Waals surface area contributed by atoms with Crippen LogP contribution in [0.25, 0.3) is 0 Å². The van der Waals surface area contributed by atoms with Crippen molar-refractivity contribution >= 4 is 5.97 Å². The van der Waals surface area contributed by atoms with Crippen LogP contribution in [0.2, 0.25) is 0 Å². The normalized spacial score (nSPS) is 12.8. The molecule has 21 heavy (non-hydrogen) atoms. The van der Waals surface area contributed by atoms with Gasteiger partial charge in [0.1, 0.15) is 5.60 Å². The molecule has 0 saturated heterocycles. The Morgan fingerprint density at radius 1 is 0.905 bits per heavy atom. The van der Waals surface area contributed by atoms with Crippen LogP contribution in [0, 0.1) is 0 Å². The molecule has 0 amide bonds. The van der Waals surface area contributed by atoms with Crippen LogP contribution in [-0.2, 0) is 4.74 Å². The van der Waals surface area contributed by atoms with Crippen molar-refractivity contribution in [3.05, 3.63) is 71.3 Å². The van der Waals surface area contributed by atoms with Crippen LogP contribution in [0.1, 0.15) is 55.1 Å². The average Bonchev–Trinajstić information content (AvgIpc) is 2.46. The molecule has 0 heterocycles. The summed E-state index contributed by atoms with van der Waals surface area (Å²) in [6.07, 6.45) is 0. The van der Waals surface area contributed by atoms with E-state index in [0.29, 0.717) is 11.5 Å². The number of esters is 1. The molecule has 0 aromatic heterocycles. The minimum atomic E-state index is -0.465. The minimum Gasteiger partial charge on any atom is -0.456 e. The second kappa shape index (κ2) is 6.13. The number of carbonyl (C=O) groups excluding carboxylic acids is 1. The standard InChI is InChI=1S/C19H22O2/c1-14(15-8-6-5-7-9-15)16-10-12-17(13-11-16)18(20)21-19(2,3)4/h5-14H,1-4H3. The smallest absolute Gasteiger partial charge is 0.338 e. The van der Waals surface area contributed by atoms with Gasteiger partial charge in [-0.05, 0) is 44.0 Å². The van der Waals surface area contributed by atoms with E-state index >= 15 is 0 Å². The molecule has 0 radical (unpaired) electrons. The Bertz CT molecular complexity index is 592. The van der Waals surface area contributed by atoms with Gasteiger partial charge >= 0.3 is 5.97 Å². The van der Waals surface area contributed by atoms with Gasteiger partial charge in [-0.25, -0.2) is 4.79 Å². The fourth-order valence-electron chi connectivity index (χ4n) is 2.18. The van der Waals surface area contributed by atoms with Crippen molar-refractivity contribution in [3.63, 3.8) is 0 Å². The zero-order valence-corrected chi connectivity index (χ0v) is 13.1. The summed E-state index contributed by atoms with van der Waals surface area (Å²) in [5.41, 5.74) is 2.58. The molecule has 2 heteroatoms. The van der Waals surface area contributed by atoms with Gasteiger partial charge in [-0.3, -0.25) is 0 Å². The quantitative estimate of drug-likeness (QED) is 0.756. The molecule has 2 aromatic carbocycles. The van der Waals surface area contributed by atoms with Crippen LogP contribution in [-0.4, -0.2) is 11.6 Å². The molecule has 2 nitrogen and oxygen atoms in total. The van der Waals surface area contributed by atoms with Crippen LogP contribution >= 0.6 is 0 Å². The van der Waals surface area contributed by atoms with Crippen molar-refractivity contribution in [1.82, 2.24) is 0 Å². The molecular weight excluding hydrogens is 260 g/mol. The zero-order valence-electron chi connectivity index (χ0n) is 13.1. The lowest BCUT2D eigenvalue weighted by atomic mass is 9.93. The molecule has 0 spiro atoms. The van der Waals surface area contributed by atoms with Gasteiger partial charge in [-0.15, -0.1) is 0 Å². The fraction of sp³-hybridized carbons (Fsp3) is 0.316. The summed E-state index contributed by atoms with van der Waals surface area (Å²) >= 11 is 0. The van der Waals surface area contributed by atoms with E-state index in [0.717, 1.165) is 0 Å². The minimum absolute atomic E-state index is 0.276. The Morgan fingerprint density at radius 3 is 1.95 bits per heavy atom. The molecule has 0 N–H and O–H groups in total. The first-order valence-corrected chi connectivity index (χ1v) is 7.25. The van der Waals surface area contributed by atoms with Gasteiger partial charge in [-0.1, -0.05) is 49.4 Å². The first kappa shape index (κ1) is 15.3. The van der Waals surface area contributed by atoms with E-state index in [2.05, 4.69) is 19.1 Å². The summed E-state index contributed by atoms with van der Waals surface area (Å²) in [6.45, 7) is 7.78. The molecule has 110 valence electrons. The molecule has 0 bridgehead atoms. The largest absolute Gasteiger partial charge is 0.456 e. The van der Waals surface area contributed by atoms with Gasteiger partial charge in [0.05, 0.1) is 5.56 Å². The SMILES string of the molecule is CC(c1ccccc1)c1ccc(C(=O)OC(C)(C)C)cc1. The number of hydrogen-bond donors (Lipinski definition) is 0. The molecule has 0 aliphatic heterocycles. The fourth-order valence-corrected chi connectivity index (χ4v) is 2.18. The Morgan fingerprint density at radius 2 is 1.43 bits per heavy atom. The number of ether oxygens (including phenoxy) is 1. The van der Waals surface area contributed by atoms with Crippen molar-refractivity contribution in [1.29, 1.82) is 0 Å². The maximum absolute atomic E-state index is 12.0. The maximum atomic E-state index is 12.0. The third-order valence-corrected chi connectivity index (χ3v) is 3.34. The van der Waals surface area contributed by atoms with E-state index in [-0.39, 0.29) is 5.97 Å². The highest BCUT2D eigenvalue weighted by Crippen LogP contribution is 2.24. The topological polar surface area (TPSA) is 26.3 Å². The van der Waals surface area contributed by atoms with Crippen LogP contribution in [0.5, 0.6) is 0 Å². The predicted octanol–water partition coefficient (Wildman–Crippen LogP) is 4.79. The summed E-state index contributed by atoms with van der Waals surface area (Å²) in [7, 11) is 0. The number of carbonyl (C=O) groups is 1. The number of rotatable bonds is 3. The molecule has 1 unspecified atom stereocenters. The van der Waals surface area contributed by atoms with Crippen LogP contribution in [0.15, 0.2) is 54.6 Å². The van der Waals surface area contributed by atoms with Gasteiger partial charge in [-0.2, -0.15) is 0 Å². The van der Waals surface area contributed by atoms with Crippen LogP contribution in [0.3, 0.4) is 0 Å². The summed E-state index contributed by atoms with van der Waals surface area (Å²) < 4.78 is 5.37. The summed E-state index contributed by atoms with van der Waals surface area (Å²) in [5, 5.41) is 0. The molecule has 1 atom stereocenters. The lowest BCUT2D eigenvalue weighted by molar-refractivity contribution is 0.00695. The Balaban J connectivity index is 2.14. The van der Waals surface area contributed by atoms with Gasteiger partial charge in [0.25, 0.3) is 0 Å². The van der Waals surface area contributed by atoms with Crippen LogP contribution < -0.4 is 0 Å². The molecule has 0 aliphatic rings. The van der Waals surface area contributed by atoms with Crippen molar-refractivity contribution < 1.29 is 9.53 Å². The Kier molecular flexibility index (Phi) is 4.46. The lowest BCUT2D eigenvalue weighted by Crippen LogP contribution is -2.23. The molecule has 0 saturated carbocycles. The third kappa shape index (κ3) is 4.19. The average molecular weight is 282 g/mol. The Hall–Kier alpha value is -2.09. The summed E-state index contributed by atoms with van der Waals surface area (Å²) in [5.74, 6) is 0.0281. The number of benzene rings is 2. The lowest BCUT2D eigenvalue weighted by Gasteiger charge is -2.19. The third-order valence-electron chi connectivity index (χ3n) is 3.34. The first-order valence-electron chi connectivity index (χ1n) is 7.25. The van der Waals surface area contributed by atoms with E-state index in [1.54, 1.807) is 0 Å².